The predicted octanol–water partition coefficient (Wildman–Crippen LogP) is -3.58. The maximum absolute atomic E-state index is 12.1. The number of carbonyl (C=O) groups is 1. The largest absolute Gasteiger partial charge is 0.394 e. The van der Waals surface area contributed by atoms with E-state index in [0.717, 1.165) is 0 Å². The number of ether oxygens (including phenoxy) is 3. The lowest BCUT2D eigenvalue weighted by Gasteiger charge is -2.42. The van der Waals surface area contributed by atoms with Crippen LogP contribution >= 0.6 is 0 Å². The zero-order valence-corrected chi connectivity index (χ0v) is 17.1. The standard InChI is InChI=1S/C18H28N4O9/c1-7-4-22(18(28)21-16(7)27)12-3-9(19)11(30-12)6-29-17-13(20-8(2)24)15(26)14(25)10(5-23)31-17/h4,9-15,17,23,25-26H,3,5-6,19H2,1-2H3,(H,20,24)(H,21,27,28)/t9-,10+,11+,12?,13+,14-,15+,17+/m0/s1. The van der Waals surface area contributed by atoms with Gasteiger partial charge in [0.15, 0.2) is 6.29 Å². The Bertz CT molecular complexity index is 903. The second kappa shape index (κ2) is 9.56. The molecule has 7 N–H and O–H groups in total. The molecule has 2 aliphatic rings. The van der Waals surface area contributed by atoms with Crippen LogP contribution < -0.4 is 22.3 Å². The van der Waals surface area contributed by atoms with Crippen LogP contribution in [0.25, 0.3) is 0 Å². The molecule has 1 aromatic rings. The molecule has 3 heterocycles. The minimum atomic E-state index is -1.44. The van der Waals surface area contributed by atoms with Gasteiger partial charge in [0.1, 0.15) is 30.6 Å². The summed E-state index contributed by atoms with van der Waals surface area (Å²) in [5.41, 5.74) is 5.36. The van der Waals surface area contributed by atoms with Crippen molar-refractivity contribution in [3.8, 4) is 0 Å². The molecule has 1 aromatic heterocycles. The van der Waals surface area contributed by atoms with E-state index in [4.69, 9.17) is 19.9 Å². The predicted molar refractivity (Wildman–Crippen MR) is 104 cm³/mol. The number of nitrogens with two attached hydrogens (primary N) is 1. The van der Waals surface area contributed by atoms with E-state index >= 15 is 0 Å². The molecule has 0 spiro atoms. The summed E-state index contributed by atoms with van der Waals surface area (Å²) in [6.07, 6.45) is -4.88. The lowest BCUT2D eigenvalue weighted by atomic mass is 9.97. The number of aromatic amines is 1. The highest BCUT2D eigenvalue weighted by molar-refractivity contribution is 5.73. The van der Waals surface area contributed by atoms with E-state index in [9.17, 15) is 29.7 Å². The quantitative estimate of drug-likeness (QED) is 0.255. The second-order valence-electron chi connectivity index (χ2n) is 7.77. The summed E-state index contributed by atoms with van der Waals surface area (Å²) in [5.74, 6) is -0.474. The Kier molecular flexibility index (Phi) is 7.26. The number of aromatic nitrogens is 2. The van der Waals surface area contributed by atoms with Crippen molar-refractivity contribution in [1.82, 2.24) is 14.9 Å². The number of hydrogen-bond acceptors (Lipinski definition) is 10. The van der Waals surface area contributed by atoms with Crippen molar-refractivity contribution in [2.75, 3.05) is 13.2 Å². The van der Waals surface area contributed by atoms with Gasteiger partial charge in [-0.1, -0.05) is 0 Å². The molecule has 31 heavy (non-hydrogen) atoms. The van der Waals surface area contributed by atoms with Gasteiger partial charge >= 0.3 is 5.69 Å². The van der Waals surface area contributed by atoms with Gasteiger partial charge in [0.25, 0.3) is 5.56 Å². The normalized spacial score (nSPS) is 35.8. The topological polar surface area (TPSA) is 198 Å². The molecule has 0 aliphatic carbocycles. The zero-order valence-electron chi connectivity index (χ0n) is 17.1. The Morgan fingerprint density at radius 3 is 2.68 bits per heavy atom. The van der Waals surface area contributed by atoms with Gasteiger partial charge in [-0.2, -0.15) is 0 Å². The first-order valence-electron chi connectivity index (χ1n) is 9.86. The molecule has 0 radical (unpaired) electrons. The highest BCUT2D eigenvalue weighted by atomic mass is 16.7. The monoisotopic (exact) mass is 444 g/mol. The Balaban J connectivity index is 1.69. The summed E-state index contributed by atoms with van der Waals surface area (Å²) in [6, 6.07) is -1.61. The molecule has 1 unspecified atom stereocenters. The molecule has 13 nitrogen and oxygen atoms in total. The van der Waals surface area contributed by atoms with Crippen LogP contribution in [0, 0.1) is 6.92 Å². The summed E-state index contributed by atoms with van der Waals surface area (Å²) in [5, 5.41) is 32.2. The van der Waals surface area contributed by atoms with Crippen LogP contribution in [0.5, 0.6) is 0 Å². The van der Waals surface area contributed by atoms with E-state index in [2.05, 4.69) is 10.3 Å². The molecular formula is C18H28N4O9. The molecule has 3 rings (SSSR count). The van der Waals surface area contributed by atoms with Gasteiger partial charge in [-0.05, 0) is 6.92 Å². The van der Waals surface area contributed by atoms with E-state index in [-0.39, 0.29) is 13.0 Å². The first kappa shape index (κ1) is 23.5. The van der Waals surface area contributed by atoms with Crippen molar-refractivity contribution in [1.29, 1.82) is 0 Å². The van der Waals surface area contributed by atoms with Crippen LogP contribution in [0.15, 0.2) is 15.8 Å². The van der Waals surface area contributed by atoms with Crippen LogP contribution in [-0.2, 0) is 19.0 Å². The molecule has 2 saturated heterocycles. The number of hydrogen-bond donors (Lipinski definition) is 6. The first-order chi connectivity index (χ1) is 14.6. The van der Waals surface area contributed by atoms with Crippen LogP contribution in [0.2, 0.25) is 0 Å². The minimum absolute atomic E-state index is 0.115. The summed E-state index contributed by atoms with van der Waals surface area (Å²) in [7, 11) is 0. The smallest absolute Gasteiger partial charge is 0.330 e. The fourth-order valence-electron chi connectivity index (χ4n) is 3.69. The van der Waals surface area contributed by atoms with Crippen molar-refractivity contribution in [3.05, 3.63) is 32.6 Å². The number of aryl methyl sites for hydroxylation is 1. The number of nitrogens with zero attached hydrogens (tertiary/aromatic N) is 1. The number of nitrogens with one attached hydrogen (secondary N) is 2. The van der Waals surface area contributed by atoms with Gasteiger partial charge in [-0.15, -0.1) is 0 Å². The van der Waals surface area contributed by atoms with Crippen molar-refractivity contribution in [2.45, 2.75) is 69.3 Å². The van der Waals surface area contributed by atoms with Gasteiger partial charge in [0, 0.05) is 31.1 Å². The Morgan fingerprint density at radius 1 is 1.32 bits per heavy atom. The average molecular weight is 444 g/mol. The molecule has 174 valence electrons. The zero-order chi connectivity index (χ0) is 22.9. The molecule has 8 atom stereocenters. The number of H-pyrrole nitrogens is 1. The van der Waals surface area contributed by atoms with Crippen molar-refractivity contribution >= 4 is 5.91 Å². The lowest BCUT2D eigenvalue weighted by molar-refractivity contribution is -0.275. The summed E-state index contributed by atoms with van der Waals surface area (Å²) >= 11 is 0. The molecule has 2 fully saturated rings. The molecule has 2 aliphatic heterocycles. The molecular weight excluding hydrogens is 416 g/mol. The Hall–Kier alpha value is -2.13. The van der Waals surface area contributed by atoms with Crippen molar-refractivity contribution in [2.24, 2.45) is 5.73 Å². The van der Waals surface area contributed by atoms with Crippen molar-refractivity contribution in [3.63, 3.8) is 0 Å². The maximum Gasteiger partial charge on any atom is 0.330 e. The highest BCUT2D eigenvalue weighted by Crippen LogP contribution is 2.28. The van der Waals surface area contributed by atoms with Gasteiger partial charge < -0.3 is 40.6 Å². The molecule has 0 saturated carbocycles. The van der Waals surface area contributed by atoms with Gasteiger partial charge in [0.2, 0.25) is 5.91 Å². The van der Waals surface area contributed by atoms with E-state index in [1.807, 2.05) is 0 Å². The summed E-state index contributed by atoms with van der Waals surface area (Å²) in [6.45, 7) is 2.11. The van der Waals surface area contributed by atoms with Crippen LogP contribution in [-0.4, -0.2) is 86.8 Å². The Labute approximate surface area is 176 Å². The second-order valence-corrected chi connectivity index (χ2v) is 7.77. The fraction of sp³-hybridized carbons (Fsp3) is 0.722. The number of carbonyl (C=O) groups excluding carboxylic acids is 1. The summed E-state index contributed by atoms with van der Waals surface area (Å²) in [4.78, 5) is 37.4. The fourth-order valence-corrected chi connectivity index (χ4v) is 3.69. The maximum atomic E-state index is 12.1. The van der Waals surface area contributed by atoms with E-state index < -0.39 is 72.8 Å². The molecule has 0 bridgehead atoms. The number of aliphatic hydroxyl groups is 3. The first-order valence-corrected chi connectivity index (χ1v) is 9.86. The lowest BCUT2D eigenvalue weighted by Crippen LogP contribution is -2.64. The van der Waals surface area contributed by atoms with Gasteiger partial charge in [-0.25, -0.2) is 4.79 Å². The van der Waals surface area contributed by atoms with E-state index in [1.165, 1.54) is 17.7 Å². The number of amides is 1. The molecule has 1 amide bonds. The Morgan fingerprint density at radius 2 is 2.03 bits per heavy atom. The minimum Gasteiger partial charge on any atom is -0.394 e. The molecule has 0 aromatic carbocycles. The van der Waals surface area contributed by atoms with Gasteiger partial charge in [-0.3, -0.25) is 19.1 Å². The summed E-state index contributed by atoms with van der Waals surface area (Å²) < 4.78 is 18.3. The van der Waals surface area contributed by atoms with Crippen LogP contribution in [0.1, 0.15) is 25.1 Å². The van der Waals surface area contributed by atoms with E-state index in [1.54, 1.807) is 6.92 Å². The highest BCUT2D eigenvalue weighted by Gasteiger charge is 2.46. The number of rotatable bonds is 6. The third-order valence-corrected chi connectivity index (χ3v) is 5.41. The third-order valence-electron chi connectivity index (χ3n) is 5.41. The average Bonchev–Trinajstić information content (AvgIpc) is 3.07. The number of aliphatic hydroxyl groups excluding tert-OH is 3. The SMILES string of the molecule is CC(=O)N[C@H]1[C@H](OC[C@H]2OC(n3cc(C)c(=O)[nH]c3=O)C[C@@H]2N)O[C@H](CO)[C@H](O)[C@@H]1O. The van der Waals surface area contributed by atoms with Crippen molar-refractivity contribution < 1.29 is 34.3 Å². The molecule has 13 heteroatoms. The van der Waals surface area contributed by atoms with E-state index in [0.29, 0.717) is 5.56 Å². The van der Waals surface area contributed by atoms with Gasteiger partial charge in [0.05, 0.1) is 19.3 Å². The third kappa shape index (κ3) is 5.03. The van der Waals surface area contributed by atoms with Crippen LogP contribution in [0.3, 0.4) is 0 Å². The van der Waals surface area contributed by atoms with Crippen LogP contribution in [0.4, 0.5) is 0 Å².